The second kappa shape index (κ2) is 26.3. The van der Waals surface area contributed by atoms with Crippen LogP contribution < -0.4 is 19.3 Å². The van der Waals surface area contributed by atoms with Crippen molar-refractivity contribution in [1.82, 2.24) is 9.80 Å². The maximum Gasteiger partial charge on any atom is 0.416 e. The molecule has 16 nitrogen and oxygen atoms in total. The number of nitrogens with zero attached hydrogens (tertiary/aromatic N) is 4. The van der Waals surface area contributed by atoms with Gasteiger partial charge in [-0.15, -0.1) is 0 Å². The molecule has 6 aromatic carbocycles. The summed E-state index contributed by atoms with van der Waals surface area (Å²) < 4.78 is 48.4. The number of hydrogen-bond acceptors (Lipinski definition) is 12. The van der Waals surface area contributed by atoms with Gasteiger partial charge in [0.25, 0.3) is 11.8 Å². The lowest BCUT2D eigenvalue weighted by molar-refractivity contribution is -0.0248. The van der Waals surface area contributed by atoms with Crippen molar-refractivity contribution >= 4 is 154 Å². The fourth-order valence-corrected chi connectivity index (χ4v) is 14.0. The first-order valence-electron chi connectivity index (χ1n) is 29.8. The van der Waals surface area contributed by atoms with Crippen molar-refractivity contribution in [3.8, 4) is 11.5 Å². The van der Waals surface area contributed by atoms with Crippen LogP contribution in [0.2, 0.25) is 36.3 Å². The molecule has 0 bridgehead atoms. The summed E-state index contributed by atoms with van der Waals surface area (Å²) in [6.07, 6.45) is -2.60. The molecule has 2 unspecified atom stereocenters. The Morgan fingerprint density at radius 3 is 1.20 bits per heavy atom. The van der Waals surface area contributed by atoms with Crippen LogP contribution in [0.1, 0.15) is 79.8 Å². The number of carbonyl (C=O) groups is 4. The Morgan fingerprint density at radius 2 is 0.857 bits per heavy atom. The number of benzene rings is 6. The zero-order valence-electron chi connectivity index (χ0n) is 52.7. The quantitative estimate of drug-likeness (QED) is 0.0514. The van der Waals surface area contributed by atoms with Gasteiger partial charge in [0.2, 0.25) is 7.59 Å². The Kier molecular flexibility index (Phi) is 19.7. The minimum Gasteiger partial charge on any atom is -0.497 e. The van der Waals surface area contributed by atoms with Crippen LogP contribution in [0, 0.1) is 0 Å². The molecule has 4 aliphatic rings. The van der Waals surface area contributed by atoms with Gasteiger partial charge in [-0.3, -0.25) is 9.59 Å². The van der Waals surface area contributed by atoms with Crippen molar-refractivity contribution in [2.24, 2.45) is 0 Å². The molecule has 0 aliphatic carbocycles. The van der Waals surface area contributed by atoms with Crippen LogP contribution in [0.5, 0.6) is 11.5 Å². The second-order valence-corrected chi connectivity index (χ2v) is 40.6. The molecule has 10 rings (SSSR count). The van der Waals surface area contributed by atoms with E-state index in [0.29, 0.717) is 22.6 Å². The van der Waals surface area contributed by atoms with Gasteiger partial charge in [-0.25, -0.2) is 19.4 Å². The molecule has 0 fully saturated rings. The lowest BCUT2D eigenvalue weighted by Crippen LogP contribution is -2.61. The van der Waals surface area contributed by atoms with Crippen molar-refractivity contribution in [2.45, 2.75) is 129 Å². The fraction of sp³-hybridized carbons (Fsp3) is 0.403. The van der Waals surface area contributed by atoms with Crippen LogP contribution in [0.15, 0.2) is 134 Å². The molecule has 6 aromatic rings. The van der Waals surface area contributed by atoms with Crippen molar-refractivity contribution in [3.63, 3.8) is 0 Å². The van der Waals surface area contributed by atoms with E-state index in [1.165, 1.54) is 24.0 Å². The Labute approximate surface area is 563 Å². The average molecular weight is 1400 g/mol. The van der Waals surface area contributed by atoms with Gasteiger partial charge in [0, 0.05) is 36.8 Å². The molecule has 6 atom stereocenters. The number of alkyl halides is 6. The molecule has 4 amide bonds. The number of halogens is 6. The first-order chi connectivity index (χ1) is 42.7. The summed E-state index contributed by atoms with van der Waals surface area (Å²) in [4.78, 5) is 67.1. The third-order valence-corrected chi connectivity index (χ3v) is 27.5. The topological polar surface area (TPSA) is 155 Å². The predicted octanol–water partition coefficient (Wildman–Crippen LogP) is 17.0. The normalized spacial score (nSPS) is 20.5. The number of carbonyl (C=O) groups excluding carboxylic acids is 4. The number of anilines is 2. The van der Waals surface area contributed by atoms with Crippen molar-refractivity contribution in [1.29, 1.82) is 0 Å². The molecule has 484 valence electrons. The standard InChI is InChI=1S/C67H74Cl6N4O12Si2/c1-64(2,3)90(9,10)88-60-54-56(50(44-24-22-40-18-13-15-20-42(40)32-44)36-74(54)58(78)48-34-46(82-7)26-28-52(48)76(60)62(80)86-38-66(68,69)70)84-30-17-31-85-57-51(45-25-23-41-19-14-16-21-43(41)33-45)37-75-55(57)61(89-91(11,12)65(4,5)6)77(63(81)87-39-67(71,72)73)53-29-27-47(83-8)35-49(53)59(75)79/h13-16,18-29,32-37,54-57,60-61H,17,30-31,38-39H2,1-12H3/t54-,55-,56?,57?,60-,61-/m0/s1. The van der Waals surface area contributed by atoms with Gasteiger partial charge >= 0.3 is 12.2 Å². The number of rotatable bonds is 16. The van der Waals surface area contributed by atoms with E-state index < -0.39 is 108 Å². The molecular weight excluding hydrogens is 1320 g/mol. The molecule has 4 heterocycles. The van der Waals surface area contributed by atoms with E-state index in [1.54, 1.807) is 58.6 Å². The number of amides is 4. The van der Waals surface area contributed by atoms with Gasteiger partial charge in [0.15, 0.2) is 29.1 Å². The second-order valence-electron chi connectivity index (χ2n) is 26.0. The molecule has 0 N–H and O–H groups in total. The van der Waals surface area contributed by atoms with Gasteiger partial charge in [-0.1, -0.05) is 184 Å². The first-order valence-corrected chi connectivity index (χ1v) is 37.9. The summed E-state index contributed by atoms with van der Waals surface area (Å²) in [6.45, 7) is 19.5. The van der Waals surface area contributed by atoms with Crippen LogP contribution >= 0.6 is 69.6 Å². The predicted molar refractivity (Wildman–Crippen MR) is 366 cm³/mol. The van der Waals surface area contributed by atoms with E-state index in [9.17, 15) is 0 Å². The summed E-state index contributed by atoms with van der Waals surface area (Å²) in [7, 11) is -2.92. The molecule has 0 radical (unpaired) electrons. The highest BCUT2D eigenvalue weighted by molar-refractivity contribution is 6.74. The maximum absolute atomic E-state index is 15.6. The van der Waals surface area contributed by atoms with E-state index in [0.717, 1.165) is 32.7 Å². The molecule has 0 saturated carbocycles. The lowest BCUT2D eigenvalue weighted by Gasteiger charge is -2.45. The molecule has 0 spiro atoms. The van der Waals surface area contributed by atoms with E-state index in [4.69, 9.17) is 107 Å². The molecular formula is C67H74Cl6N4O12Si2. The first kappa shape index (κ1) is 68.3. The Bertz CT molecular complexity index is 3600. The molecule has 0 aromatic heterocycles. The van der Waals surface area contributed by atoms with E-state index in [-0.39, 0.29) is 42.1 Å². The molecule has 24 heteroatoms. The van der Waals surface area contributed by atoms with Gasteiger partial charge in [0.1, 0.15) is 49.0 Å². The Balaban J connectivity index is 1.08. The van der Waals surface area contributed by atoms with Crippen LogP contribution in [0.25, 0.3) is 32.7 Å². The number of ether oxygens (including phenoxy) is 6. The van der Waals surface area contributed by atoms with Crippen LogP contribution in [-0.2, 0) is 27.8 Å². The van der Waals surface area contributed by atoms with Crippen LogP contribution in [0.4, 0.5) is 21.0 Å². The maximum atomic E-state index is 15.6. The van der Waals surface area contributed by atoms with E-state index in [2.05, 4.69) is 67.7 Å². The number of hydrogen-bond donors (Lipinski definition) is 0. The van der Waals surface area contributed by atoms with Gasteiger partial charge < -0.3 is 47.1 Å². The Morgan fingerprint density at radius 1 is 0.495 bits per heavy atom. The monoisotopic (exact) mass is 1390 g/mol. The fourth-order valence-electron chi connectivity index (χ4n) is 11.2. The summed E-state index contributed by atoms with van der Waals surface area (Å²) >= 11 is 37.4. The van der Waals surface area contributed by atoms with E-state index >= 15 is 19.2 Å². The Hall–Kier alpha value is -5.59. The van der Waals surface area contributed by atoms with Crippen molar-refractivity contribution in [2.75, 3.05) is 50.4 Å². The van der Waals surface area contributed by atoms with Gasteiger partial charge in [-0.2, -0.15) is 0 Å². The van der Waals surface area contributed by atoms with E-state index in [1.807, 2.05) is 84.9 Å². The molecule has 0 saturated heterocycles. The zero-order chi connectivity index (χ0) is 65.9. The van der Waals surface area contributed by atoms with Crippen LogP contribution in [-0.4, -0.2) is 135 Å². The van der Waals surface area contributed by atoms with Crippen molar-refractivity contribution < 1.29 is 56.5 Å². The minimum absolute atomic E-state index is 0.0130. The molecule has 91 heavy (non-hydrogen) atoms. The van der Waals surface area contributed by atoms with Gasteiger partial charge in [0.05, 0.1) is 36.7 Å². The van der Waals surface area contributed by atoms with Crippen molar-refractivity contribution in [3.05, 3.63) is 156 Å². The highest BCUT2D eigenvalue weighted by atomic mass is 35.6. The highest BCUT2D eigenvalue weighted by Crippen LogP contribution is 2.49. The SMILES string of the molecule is COc1ccc2c(c1)C(=O)N1C=C(c3ccc4ccccc4c3)C(OCCCOC3C(c4ccc5ccccc5c4)=CN4C(=O)c5cc(OC)ccc5N(C(=O)OCC(Cl)(Cl)Cl)[C@@H](O[Si](C)(C)C(C)(C)C)[C@H]34)[C@H]1[C@H](O[Si](C)(C)C(C)(C)C)N2C(=O)OCC(Cl)(Cl)Cl. The number of methoxy groups -OCH3 is 2. The third kappa shape index (κ3) is 14.3. The van der Waals surface area contributed by atoms with Gasteiger partial charge in [-0.05, 0) is 124 Å². The smallest absolute Gasteiger partial charge is 0.416 e. The highest BCUT2D eigenvalue weighted by Gasteiger charge is 2.57. The van der Waals surface area contributed by atoms with Crippen LogP contribution in [0.3, 0.4) is 0 Å². The zero-order valence-corrected chi connectivity index (χ0v) is 59.2. The number of fused-ring (bicyclic) bond motifs is 6. The summed E-state index contributed by atoms with van der Waals surface area (Å²) in [6, 6.07) is 35.5. The minimum atomic E-state index is -2.95. The average Bonchev–Trinajstić information content (AvgIpc) is 1.59. The summed E-state index contributed by atoms with van der Waals surface area (Å²) in [5.41, 5.74) is 3.35. The largest absolute Gasteiger partial charge is 0.497 e. The molecule has 4 aliphatic heterocycles. The lowest BCUT2D eigenvalue weighted by atomic mass is 9.95. The third-order valence-electron chi connectivity index (χ3n) is 18.0. The summed E-state index contributed by atoms with van der Waals surface area (Å²) in [5.74, 6) is -0.214. The summed E-state index contributed by atoms with van der Waals surface area (Å²) in [5, 5.41) is 3.03.